The van der Waals surface area contributed by atoms with E-state index < -0.39 is 11.1 Å². The molecule has 0 saturated carbocycles. The minimum absolute atomic E-state index is 0.205. The maximum absolute atomic E-state index is 12.6. The van der Waals surface area contributed by atoms with Gasteiger partial charge in [0.05, 0.1) is 9.93 Å². The molecular formula is C20H16Cl2N2O4S. The van der Waals surface area contributed by atoms with Gasteiger partial charge in [-0.2, -0.15) is 0 Å². The van der Waals surface area contributed by atoms with Gasteiger partial charge in [0.1, 0.15) is 18.1 Å². The summed E-state index contributed by atoms with van der Waals surface area (Å²) < 4.78 is 5.76. The van der Waals surface area contributed by atoms with Crippen LogP contribution in [0.5, 0.6) is 0 Å². The summed E-state index contributed by atoms with van der Waals surface area (Å²) in [5.74, 6) is 0.225. The van der Waals surface area contributed by atoms with Crippen LogP contribution < -0.4 is 0 Å². The summed E-state index contributed by atoms with van der Waals surface area (Å²) in [7, 11) is 0. The molecule has 0 bridgehead atoms. The minimum Gasteiger partial charge on any atom is -0.457 e. The Hall–Kier alpha value is -2.22. The lowest BCUT2D eigenvalue weighted by molar-refractivity contribution is -0.135. The highest BCUT2D eigenvalue weighted by molar-refractivity contribution is 8.18. The molecule has 29 heavy (non-hydrogen) atoms. The highest BCUT2D eigenvalue weighted by Gasteiger charge is 2.37. The molecule has 150 valence electrons. The molecule has 1 aromatic carbocycles. The number of amides is 3. The van der Waals surface area contributed by atoms with E-state index in [0.717, 1.165) is 29.5 Å². The van der Waals surface area contributed by atoms with Crippen LogP contribution in [0.1, 0.15) is 18.6 Å². The molecule has 2 aromatic rings. The number of likely N-dealkylation sites (tertiary alicyclic amines) is 1. The van der Waals surface area contributed by atoms with Crippen molar-refractivity contribution in [1.82, 2.24) is 9.80 Å². The van der Waals surface area contributed by atoms with Crippen molar-refractivity contribution >= 4 is 58.1 Å². The van der Waals surface area contributed by atoms with Crippen LogP contribution in [0.2, 0.25) is 10.0 Å². The van der Waals surface area contributed by atoms with E-state index >= 15 is 0 Å². The Labute approximate surface area is 181 Å². The molecule has 4 rings (SSSR count). The number of hydrogen-bond donors (Lipinski definition) is 0. The fraction of sp³-hybridized carbons (Fsp3) is 0.250. The standard InChI is InChI=1S/C20H16Cl2N2O4S/c21-12-3-5-14(15(22)9-12)16-6-4-13(28-16)10-17-19(26)24(20(27)29-17)11-18(25)23-7-1-2-8-23/h3-6,9-10H,1-2,7-8,11H2/b17-10+. The summed E-state index contributed by atoms with van der Waals surface area (Å²) >= 11 is 12.9. The Morgan fingerprint density at radius 3 is 2.62 bits per heavy atom. The third kappa shape index (κ3) is 4.22. The van der Waals surface area contributed by atoms with E-state index in [-0.39, 0.29) is 17.4 Å². The van der Waals surface area contributed by atoms with Crippen LogP contribution in [0.3, 0.4) is 0 Å². The molecule has 3 amide bonds. The minimum atomic E-state index is -0.491. The lowest BCUT2D eigenvalue weighted by Crippen LogP contribution is -2.40. The smallest absolute Gasteiger partial charge is 0.294 e. The summed E-state index contributed by atoms with van der Waals surface area (Å²) in [6, 6.07) is 8.47. The van der Waals surface area contributed by atoms with E-state index in [1.54, 1.807) is 35.2 Å². The molecule has 0 aliphatic carbocycles. The van der Waals surface area contributed by atoms with E-state index in [0.29, 0.717) is 40.2 Å². The van der Waals surface area contributed by atoms with Gasteiger partial charge in [-0.15, -0.1) is 0 Å². The normalized spacial score (nSPS) is 18.3. The summed E-state index contributed by atoms with van der Waals surface area (Å²) in [6.07, 6.45) is 3.40. The van der Waals surface area contributed by atoms with E-state index in [9.17, 15) is 14.4 Å². The Balaban J connectivity index is 1.50. The average molecular weight is 451 g/mol. The van der Waals surface area contributed by atoms with Gasteiger partial charge in [0.25, 0.3) is 11.1 Å². The summed E-state index contributed by atoms with van der Waals surface area (Å²) in [5, 5.41) is 0.503. The number of benzene rings is 1. The summed E-state index contributed by atoms with van der Waals surface area (Å²) in [4.78, 5) is 40.0. The SMILES string of the molecule is O=C(CN1C(=O)S/C(=C/c2ccc(-c3ccc(Cl)cc3Cl)o2)C1=O)N1CCCC1. The summed E-state index contributed by atoms with van der Waals surface area (Å²) in [6.45, 7) is 1.12. The number of halogens is 2. The van der Waals surface area contributed by atoms with Crippen molar-refractivity contribution in [3.63, 3.8) is 0 Å². The lowest BCUT2D eigenvalue weighted by atomic mass is 10.2. The number of carbonyl (C=O) groups is 3. The second-order valence-corrected chi connectivity index (χ2v) is 8.52. The number of nitrogens with zero attached hydrogens (tertiary/aromatic N) is 2. The van der Waals surface area contributed by atoms with Gasteiger partial charge < -0.3 is 9.32 Å². The fourth-order valence-corrected chi connectivity index (χ4v) is 4.55. The predicted molar refractivity (Wildman–Crippen MR) is 113 cm³/mol. The van der Waals surface area contributed by atoms with Gasteiger partial charge >= 0.3 is 0 Å². The molecule has 2 aliphatic heterocycles. The summed E-state index contributed by atoms with van der Waals surface area (Å²) in [5.41, 5.74) is 0.667. The maximum atomic E-state index is 12.6. The Morgan fingerprint density at radius 1 is 1.14 bits per heavy atom. The van der Waals surface area contributed by atoms with Crippen molar-refractivity contribution in [1.29, 1.82) is 0 Å². The third-order valence-corrected chi connectivity index (χ3v) is 6.18. The van der Waals surface area contributed by atoms with E-state index in [4.69, 9.17) is 27.6 Å². The molecule has 0 N–H and O–H groups in total. The van der Waals surface area contributed by atoms with Crippen molar-refractivity contribution in [3.05, 3.63) is 51.0 Å². The van der Waals surface area contributed by atoms with Crippen molar-refractivity contribution in [2.24, 2.45) is 0 Å². The monoisotopic (exact) mass is 450 g/mol. The first-order valence-electron chi connectivity index (χ1n) is 9.01. The van der Waals surface area contributed by atoms with Crippen LogP contribution >= 0.6 is 35.0 Å². The first-order valence-corrected chi connectivity index (χ1v) is 10.6. The van der Waals surface area contributed by atoms with Crippen LogP contribution in [-0.2, 0) is 9.59 Å². The van der Waals surface area contributed by atoms with Crippen LogP contribution in [-0.4, -0.2) is 46.5 Å². The number of carbonyl (C=O) groups excluding carboxylic acids is 3. The Bertz CT molecular complexity index is 1030. The molecule has 0 unspecified atom stereocenters. The zero-order chi connectivity index (χ0) is 20.5. The van der Waals surface area contributed by atoms with Gasteiger partial charge in [0, 0.05) is 29.8 Å². The van der Waals surface area contributed by atoms with Crippen molar-refractivity contribution < 1.29 is 18.8 Å². The number of imide groups is 1. The highest BCUT2D eigenvalue weighted by Crippen LogP contribution is 2.35. The van der Waals surface area contributed by atoms with Crippen molar-refractivity contribution in [3.8, 4) is 11.3 Å². The van der Waals surface area contributed by atoms with Gasteiger partial charge in [0.2, 0.25) is 5.91 Å². The topological polar surface area (TPSA) is 70.8 Å². The molecule has 2 fully saturated rings. The van der Waals surface area contributed by atoms with Crippen LogP contribution in [0.4, 0.5) is 4.79 Å². The number of rotatable bonds is 4. The van der Waals surface area contributed by atoms with Gasteiger partial charge in [-0.05, 0) is 54.9 Å². The second kappa shape index (κ2) is 8.26. The quantitative estimate of drug-likeness (QED) is 0.618. The second-order valence-electron chi connectivity index (χ2n) is 6.68. The molecule has 0 atom stereocenters. The molecule has 0 radical (unpaired) electrons. The molecule has 2 saturated heterocycles. The number of thioether (sulfide) groups is 1. The van der Waals surface area contributed by atoms with E-state index in [2.05, 4.69) is 0 Å². The zero-order valence-corrected chi connectivity index (χ0v) is 17.5. The highest BCUT2D eigenvalue weighted by atomic mass is 35.5. The number of furan rings is 1. The Morgan fingerprint density at radius 2 is 1.90 bits per heavy atom. The van der Waals surface area contributed by atoms with Gasteiger partial charge in [-0.25, -0.2) is 0 Å². The van der Waals surface area contributed by atoms with Crippen molar-refractivity contribution in [2.75, 3.05) is 19.6 Å². The molecule has 1 aromatic heterocycles. The molecule has 2 aliphatic rings. The zero-order valence-electron chi connectivity index (χ0n) is 15.2. The van der Waals surface area contributed by atoms with Crippen LogP contribution in [0, 0.1) is 0 Å². The first-order chi connectivity index (χ1) is 13.9. The maximum Gasteiger partial charge on any atom is 0.294 e. The molecule has 0 spiro atoms. The molecule has 3 heterocycles. The van der Waals surface area contributed by atoms with Gasteiger partial charge in [0.15, 0.2) is 0 Å². The molecule has 9 heteroatoms. The van der Waals surface area contributed by atoms with Gasteiger partial charge in [-0.1, -0.05) is 23.2 Å². The Kier molecular flexibility index (Phi) is 5.72. The fourth-order valence-electron chi connectivity index (χ4n) is 3.23. The van der Waals surface area contributed by atoms with Gasteiger partial charge in [-0.3, -0.25) is 19.3 Å². The van der Waals surface area contributed by atoms with E-state index in [1.807, 2.05) is 0 Å². The van der Waals surface area contributed by atoms with Crippen LogP contribution in [0.15, 0.2) is 39.7 Å². The van der Waals surface area contributed by atoms with Crippen LogP contribution in [0.25, 0.3) is 17.4 Å². The van der Waals surface area contributed by atoms with Crippen molar-refractivity contribution in [2.45, 2.75) is 12.8 Å². The molecule has 6 nitrogen and oxygen atoms in total. The van der Waals surface area contributed by atoms with E-state index in [1.165, 1.54) is 6.08 Å². The first kappa shape index (κ1) is 20.1. The molecular weight excluding hydrogens is 435 g/mol. The largest absolute Gasteiger partial charge is 0.457 e. The average Bonchev–Trinajstić information content (AvgIpc) is 3.41. The third-order valence-electron chi connectivity index (χ3n) is 4.72. The predicted octanol–water partition coefficient (Wildman–Crippen LogP) is 4.91. The lowest BCUT2D eigenvalue weighted by Gasteiger charge is -2.18. The number of hydrogen-bond acceptors (Lipinski definition) is 5.